The third kappa shape index (κ3) is 3.60. The third-order valence-electron chi connectivity index (χ3n) is 5.56. The van der Waals surface area contributed by atoms with Crippen molar-refractivity contribution in [1.82, 2.24) is 15.0 Å². The molecular weight excluding hydrogens is 433 g/mol. The smallest absolute Gasteiger partial charge is 0.147 e. The summed E-state index contributed by atoms with van der Waals surface area (Å²) in [5.41, 5.74) is 4.73. The topological polar surface area (TPSA) is 53.6 Å². The first-order valence-electron chi connectivity index (χ1n) is 10.1. The number of nitrogens with zero attached hydrogens (tertiary/aromatic N) is 2. The Kier molecular flexibility index (Phi) is 5.09. The van der Waals surface area contributed by atoms with Crippen LogP contribution in [0.25, 0.3) is 31.6 Å². The Hall–Kier alpha value is -3.39. The van der Waals surface area contributed by atoms with Crippen LogP contribution in [0.1, 0.15) is 16.8 Å². The molecule has 0 bridgehead atoms. The quantitative estimate of drug-likeness (QED) is 0.319. The number of halogens is 3. The number of anilines is 1. The van der Waals surface area contributed by atoms with Crippen molar-refractivity contribution in [1.29, 1.82) is 0 Å². The van der Waals surface area contributed by atoms with Gasteiger partial charge in [-0.3, -0.25) is 0 Å². The number of hydrogen-bond donors (Lipinski definition) is 2. The molecule has 0 aliphatic rings. The highest BCUT2D eigenvalue weighted by atomic mass is 32.1. The molecule has 0 radical (unpaired) electrons. The molecule has 4 nitrogen and oxygen atoms in total. The van der Waals surface area contributed by atoms with E-state index in [1.165, 1.54) is 35.9 Å². The van der Waals surface area contributed by atoms with Gasteiger partial charge in [0.1, 0.15) is 29.6 Å². The first-order chi connectivity index (χ1) is 15.4. The summed E-state index contributed by atoms with van der Waals surface area (Å²) in [4.78, 5) is 12.5. The molecule has 0 fully saturated rings. The average Bonchev–Trinajstić information content (AvgIpc) is 3.33. The molecule has 0 saturated carbocycles. The number of aromatic amines is 1. The largest absolute Gasteiger partial charge is 0.368 e. The van der Waals surface area contributed by atoms with Gasteiger partial charge in [0.05, 0.1) is 15.7 Å². The number of hydrogen-bond acceptors (Lipinski definition) is 4. The van der Waals surface area contributed by atoms with E-state index in [0.29, 0.717) is 40.3 Å². The molecule has 3 heterocycles. The molecule has 0 atom stereocenters. The van der Waals surface area contributed by atoms with Crippen LogP contribution in [0.2, 0.25) is 0 Å². The van der Waals surface area contributed by atoms with E-state index in [-0.39, 0.29) is 5.82 Å². The van der Waals surface area contributed by atoms with Crippen molar-refractivity contribution in [2.45, 2.75) is 20.3 Å². The minimum atomic E-state index is -0.622. The number of thiophene rings is 1. The molecule has 0 aliphatic heterocycles. The van der Waals surface area contributed by atoms with Gasteiger partial charge in [-0.15, -0.1) is 11.3 Å². The van der Waals surface area contributed by atoms with Crippen molar-refractivity contribution in [2.75, 3.05) is 11.9 Å². The normalized spacial score (nSPS) is 11.5. The predicted molar refractivity (Wildman–Crippen MR) is 123 cm³/mol. The molecule has 0 amide bonds. The molecule has 3 aromatic heterocycles. The lowest BCUT2D eigenvalue weighted by atomic mass is 10.0. The van der Waals surface area contributed by atoms with Crippen LogP contribution in [-0.4, -0.2) is 21.5 Å². The zero-order valence-electron chi connectivity index (χ0n) is 17.4. The van der Waals surface area contributed by atoms with Crippen molar-refractivity contribution in [3.8, 4) is 10.4 Å². The number of H-pyrrole nitrogens is 1. The minimum absolute atomic E-state index is 0.259. The average molecular weight is 453 g/mol. The maximum Gasteiger partial charge on any atom is 0.147 e. The van der Waals surface area contributed by atoms with E-state index in [4.69, 9.17) is 0 Å². The Balaban J connectivity index is 1.42. The second-order valence-corrected chi connectivity index (χ2v) is 8.78. The van der Waals surface area contributed by atoms with Crippen molar-refractivity contribution in [3.05, 3.63) is 77.0 Å². The summed E-state index contributed by atoms with van der Waals surface area (Å²) in [6, 6.07) is 8.52. The summed E-state index contributed by atoms with van der Waals surface area (Å²) in [6.45, 7) is 4.50. The lowest BCUT2D eigenvalue weighted by Crippen LogP contribution is -2.07. The van der Waals surface area contributed by atoms with Gasteiger partial charge in [-0.2, -0.15) is 0 Å². The van der Waals surface area contributed by atoms with Gasteiger partial charge in [-0.05, 0) is 61.2 Å². The van der Waals surface area contributed by atoms with Gasteiger partial charge in [0, 0.05) is 28.6 Å². The van der Waals surface area contributed by atoms with Gasteiger partial charge in [0.25, 0.3) is 0 Å². The van der Waals surface area contributed by atoms with Crippen LogP contribution in [-0.2, 0) is 6.42 Å². The number of fused-ring (bicyclic) bond motifs is 2. The summed E-state index contributed by atoms with van der Waals surface area (Å²) < 4.78 is 42.3. The monoisotopic (exact) mass is 452 g/mol. The van der Waals surface area contributed by atoms with E-state index in [0.717, 1.165) is 33.0 Å². The van der Waals surface area contributed by atoms with Gasteiger partial charge >= 0.3 is 0 Å². The van der Waals surface area contributed by atoms with Crippen LogP contribution in [0.15, 0.2) is 42.7 Å². The van der Waals surface area contributed by atoms with Gasteiger partial charge in [0.15, 0.2) is 0 Å². The molecule has 0 aliphatic carbocycles. The van der Waals surface area contributed by atoms with Crippen molar-refractivity contribution >= 4 is 38.3 Å². The third-order valence-corrected chi connectivity index (χ3v) is 6.74. The minimum Gasteiger partial charge on any atom is -0.368 e. The lowest BCUT2D eigenvalue weighted by molar-refractivity contribution is 0.584. The van der Waals surface area contributed by atoms with E-state index in [1.54, 1.807) is 12.1 Å². The van der Waals surface area contributed by atoms with Crippen molar-refractivity contribution in [3.63, 3.8) is 0 Å². The van der Waals surface area contributed by atoms with Gasteiger partial charge in [-0.1, -0.05) is 6.07 Å². The molecule has 8 heteroatoms. The summed E-state index contributed by atoms with van der Waals surface area (Å²) in [7, 11) is 0. The fourth-order valence-electron chi connectivity index (χ4n) is 4.08. The van der Waals surface area contributed by atoms with E-state index in [9.17, 15) is 13.2 Å². The second kappa shape index (κ2) is 7.94. The molecule has 5 aromatic rings. The van der Waals surface area contributed by atoms with E-state index in [2.05, 4.69) is 20.3 Å². The lowest BCUT2D eigenvalue weighted by Gasteiger charge is -2.07. The number of aromatic nitrogens is 3. The zero-order chi connectivity index (χ0) is 22.4. The number of nitrogens with one attached hydrogen (secondary N) is 2. The van der Waals surface area contributed by atoms with E-state index >= 15 is 0 Å². The predicted octanol–water partition coefficient (Wildman–Crippen LogP) is 6.53. The maximum absolute atomic E-state index is 14.2. The van der Waals surface area contributed by atoms with Crippen LogP contribution in [0.5, 0.6) is 0 Å². The summed E-state index contributed by atoms with van der Waals surface area (Å²) in [5, 5.41) is 4.26. The Morgan fingerprint density at radius 3 is 2.56 bits per heavy atom. The highest BCUT2D eigenvalue weighted by molar-refractivity contribution is 7.22. The molecule has 32 heavy (non-hydrogen) atoms. The standard InChI is InChI=1S/C24H19F3N4S/c1-12-3-4-18(27)22-21(12)17(13(2)31-22)5-6-28-24-23-19(29-11-30-24)10-20(32-23)14-7-15(25)9-16(26)8-14/h3-4,7-11,31H,5-6H2,1-2H3,(H,28,29,30). The SMILES string of the molecule is Cc1[nH]c2c(F)ccc(C)c2c1CCNc1ncnc2cc(-c3cc(F)cc(F)c3)sc12. The Labute approximate surface area is 186 Å². The van der Waals surface area contributed by atoms with Gasteiger partial charge in [-0.25, -0.2) is 23.1 Å². The van der Waals surface area contributed by atoms with Crippen LogP contribution >= 0.6 is 11.3 Å². The molecule has 0 unspecified atom stereocenters. The highest BCUT2D eigenvalue weighted by Crippen LogP contribution is 2.36. The molecule has 0 saturated heterocycles. The van der Waals surface area contributed by atoms with E-state index < -0.39 is 11.6 Å². The highest BCUT2D eigenvalue weighted by Gasteiger charge is 2.15. The molecule has 0 spiro atoms. The van der Waals surface area contributed by atoms with Crippen LogP contribution < -0.4 is 5.32 Å². The molecule has 162 valence electrons. The Bertz CT molecular complexity index is 1450. The van der Waals surface area contributed by atoms with Crippen LogP contribution in [0.4, 0.5) is 19.0 Å². The second-order valence-electron chi connectivity index (χ2n) is 7.73. The maximum atomic E-state index is 14.2. The van der Waals surface area contributed by atoms with Crippen LogP contribution in [0.3, 0.4) is 0 Å². The first-order valence-corrected chi connectivity index (χ1v) is 10.9. The molecule has 5 rings (SSSR count). The summed E-state index contributed by atoms with van der Waals surface area (Å²) >= 11 is 1.38. The van der Waals surface area contributed by atoms with Crippen LogP contribution in [0, 0.1) is 31.3 Å². The Morgan fingerprint density at radius 1 is 1.00 bits per heavy atom. The number of benzene rings is 2. The molecule has 2 N–H and O–H groups in total. The van der Waals surface area contributed by atoms with Gasteiger partial charge in [0.2, 0.25) is 0 Å². The molecular formula is C24H19F3N4S. The zero-order valence-corrected chi connectivity index (χ0v) is 18.2. The van der Waals surface area contributed by atoms with Crippen molar-refractivity contribution in [2.24, 2.45) is 0 Å². The number of aryl methyl sites for hydroxylation is 2. The van der Waals surface area contributed by atoms with E-state index in [1.807, 2.05) is 13.8 Å². The first kappa shape index (κ1) is 20.5. The fraction of sp³-hybridized carbons (Fsp3) is 0.167. The number of rotatable bonds is 5. The summed E-state index contributed by atoms with van der Waals surface area (Å²) in [6.07, 6.45) is 2.14. The summed E-state index contributed by atoms with van der Waals surface area (Å²) in [5.74, 6) is -0.848. The van der Waals surface area contributed by atoms with Crippen molar-refractivity contribution < 1.29 is 13.2 Å². The fourth-order valence-corrected chi connectivity index (χ4v) is 5.14. The molecule has 2 aromatic carbocycles. The van der Waals surface area contributed by atoms with Gasteiger partial charge < -0.3 is 10.3 Å². The Morgan fingerprint density at radius 2 is 1.78 bits per heavy atom.